The molecule has 0 radical (unpaired) electrons. The Bertz CT molecular complexity index is 174. The molecule has 1 aliphatic rings. The molecule has 1 aliphatic carbocycles. The average Bonchev–Trinajstić information content (AvgIpc) is 2.19. The van der Waals surface area contributed by atoms with Crippen LogP contribution in [0.5, 0.6) is 0 Å². The molecule has 0 atom stereocenters. The second kappa shape index (κ2) is 7.69. The van der Waals surface area contributed by atoms with Crippen molar-refractivity contribution in [3.05, 3.63) is 0 Å². The fraction of sp³-hybridized carbons (Fsp3) is 0.917. The normalized spacial score (nSPS) is 19.3. The molecule has 0 aromatic carbocycles. The summed E-state index contributed by atoms with van der Waals surface area (Å²) in [5.74, 6) is 0.0439. The van der Waals surface area contributed by atoms with E-state index in [9.17, 15) is 4.79 Å². The Balaban J connectivity index is 2.19. The van der Waals surface area contributed by atoms with Gasteiger partial charge in [0.2, 0.25) is 5.91 Å². The number of ether oxygens (including phenoxy) is 1. The molecule has 3 heteroatoms. The van der Waals surface area contributed by atoms with Crippen LogP contribution in [0.3, 0.4) is 0 Å². The van der Waals surface area contributed by atoms with Crippen LogP contribution in [0.25, 0.3) is 0 Å². The van der Waals surface area contributed by atoms with Gasteiger partial charge in [0.1, 0.15) is 6.61 Å². The number of hydrogen-bond acceptors (Lipinski definition) is 2. The molecule has 0 bridgehead atoms. The third kappa shape index (κ3) is 5.78. The number of carbonyl (C=O) groups excluding carboxylic acids is 1. The predicted octanol–water partition coefficient (Wildman–Crippen LogP) is 2.25. The van der Waals surface area contributed by atoms with Crippen molar-refractivity contribution < 1.29 is 9.53 Å². The van der Waals surface area contributed by atoms with Crippen LogP contribution in [0.4, 0.5) is 0 Å². The molecule has 88 valence electrons. The molecule has 0 spiro atoms. The van der Waals surface area contributed by atoms with Crippen molar-refractivity contribution in [2.24, 2.45) is 0 Å². The largest absolute Gasteiger partial charge is 0.372 e. The molecule has 0 heterocycles. The zero-order valence-corrected chi connectivity index (χ0v) is 9.76. The minimum atomic E-state index is 0.0439. The zero-order chi connectivity index (χ0) is 10.9. The molecule has 0 unspecified atom stereocenters. The third-order valence-corrected chi connectivity index (χ3v) is 2.91. The quantitative estimate of drug-likeness (QED) is 0.778. The monoisotopic (exact) mass is 213 g/mol. The molecular formula is C12H23NO2. The smallest absolute Gasteiger partial charge is 0.246 e. The van der Waals surface area contributed by atoms with Crippen LogP contribution in [0.1, 0.15) is 51.9 Å². The maximum Gasteiger partial charge on any atom is 0.246 e. The molecule has 0 aromatic heterocycles. The number of carbonyl (C=O) groups is 1. The number of hydrogen-bond donors (Lipinski definition) is 1. The summed E-state index contributed by atoms with van der Waals surface area (Å²) in [7, 11) is 0. The van der Waals surface area contributed by atoms with E-state index in [0.29, 0.717) is 12.6 Å². The molecular weight excluding hydrogens is 190 g/mol. The van der Waals surface area contributed by atoms with Gasteiger partial charge >= 0.3 is 0 Å². The number of nitrogens with one attached hydrogen (secondary N) is 1. The fourth-order valence-electron chi connectivity index (χ4n) is 2.06. The van der Waals surface area contributed by atoms with Crippen LogP contribution in [-0.2, 0) is 9.53 Å². The van der Waals surface area contributed by atoms with E-state index >= 15 is 0 Å². The Morgan fingerprint density at radius 2 is 1.80 bits per heavy atom. The Kier molecular flexibility index (Phi) is 6.41. The van der Waals surface area contributed by atoms with Crippen LogP contribution >= 0.6 is 0 Å². The lowest BCUT2D eigenvalue weighted by Crippen LogP contribution is -2.37. The molecule has 1 saturated carbocycles. The highest BCUT2D eigenvalue weighted by Gasteiger charge is 2.13. The standard InChI is InChI=1S/C12H23NO2/c1-2-15-10-12(14)13-11-8-6-4-3-5-7-9-11/h11H,2-10H2,1H3,(H,13,14). The Labute approximate surface area is 92.6 Å². The van der Waals surface area contributed by atoms with E-state index in [1.165, 1.54) is 32.1 Å². The molecule has 3 nitrogen and oxygen atoms in total. The first-order valence-corrected chi connectivity index (χ1v) is 6.20. The number of amides is 1. The summed E-state index contributed by atoms with van der Waals surface area (Å²) in [4.78, 5) is 11.4. The van der Waals surface area contributed by atoms with Gasteiger partial charge in [-0.25, -0.2) is 0 Å². The zero-order valence-electron chi connectivity index (χ0n) is 9.76. The molecule has 15 heavy (non-hydrogen) atoms. The van der Waals surface area contributed by atoms with Gasteiger partial charge < -0.3 is 10.1 Å². The van der Waals surface area contributed by atoms with E-state index in [-0.39, 0.29) is 12.5 Å². The first kappa shape index (κ1) is 12.5. The van der Waals surface area contributed by atoms with Crippen LogP contribution in [0.15, 0.2) is 0 Å². The lowest BCUT2D eigenvalue weighted by Gasteiger charge is -2.20. The van der Waals surface area contributed by atoms with Crippen molar-refractivity contribution in [2.75, 3.05) is 13.2 Å². The van der Waals surface area contributed by atoms with Crippen LogP contribution in [0, 0.1) is 0 Å². The highest BCUT2D eigenvalue weighted by atomic mass is 16.5. The molecule has 1 rings (SSSR count). The summed E-state index contributed by atoms with van der Waals surface area (Å²) in [6.45, 7) is 2.73. The van der Waals surface area contributed by atoms with Gasteiger partial charge in [-0.2, -0.15) is 0 Å². The van der Waals surface area contributed by atoms with E-state index < -0.39 is 0 Å². The van der Waals surface area contributed by atoms with Gasteiger partial charge in [0.05, 0.1) is 0 Å². The summed E-state index contributed by atoms with van der Waals surface area (Å²) < 4.78 is 5.08. The van der Waals surface area contributed by atoms with Gasteiger partial charge in [0.25, 0.3) is 0 Å². The van der Waals surface area contributed by atoms with Gasteiger partial charge in [0.15, 0.2) is 0 Å². The van der Waals surface area contributed by atoms with Crippen molar-refractivity contribution in [2.45, 2.75) is 57.9 Å². The van der Waals surface area contributed by atoms with Crippen LogP contribution in [-0.4, -0.2) is 25.2 Å². The summed E-state index contributed by atoms with van der Waals surface area (Å²) >= 11 is 0. The second-order valence-electron chi connectivity index (χ2n) is 4.25. The fourth-order valence-corrected chi connectivity index (χ4v) is 2.06. The summed E-state index contributed by atoms with van der Waals surface area (Å²) in [6.07, 6.45) is 8.77. The van der Waals surface area contributed by atoms with Crippen molar-refractivity contribution in [3.63, 3.8) is 0 Å². The van der Waals surface area contributed by atoms with E-state index in [1.54, 1.807) is 0 Å². The van der Waals surface area contributed by atoms with Crippen molar-refractivity contribution in [1.82, 2.24) is 5.32 Å². The van der Waals surface area contributed by atoms with E-state index in [0.717, 1.165) is 12.8 Å². The summed E-state index contributed by atoms with van der Waals surface area (Å²) in [6, 6.07) is 0.387. The van der Waals surface area contributed by atoms with Gasteiger partial charge in [-0.15, -0.1) is 0 Å². The maximum absolute atomic E-state index is 11.4. The minimum Gasteiger partial charge on any atom is -0.372 e. The van der Waals surface area contributed by atoms with Gasteiger partial charge in [-0.05, 0) is 19.8 Å². The van der Waals surface area contributed by atoms with E-state index in [4.69, 9.17) is 4.74 Å². The van der Waals surface area contributed by atoms with Crippen molar-refractivity contribution in [3.8, 4) is 0 Å². The molecule has 0 saturated heterocycles. The first-order chi connectivity index (χ1) is 7.33. The van der Waals surface area contributed by atoms with E-state index in [1.807, 2.05) is 6.92 Å². The first-order valence-electron chi connectivity index (χ1n) is 6.20. The third-order valence-electron chi connectivity index (χ3n) is 2.91. The summed E-state index contributed by atoms with van der Waals surface area (Å²) in [5.41, 5.74) is 0. The maximum atomic E-state index is 11.4. The highest BCUT2D eigenvalue weighted by Crippen LogP contribution is 2.16. The molecule has 1 fully saturated rings. The van der Waals surface area contributed by atoms with E-state index in [2.05, 4.69) is 5.32 Å². The predicted molar refractivity (Wildman–Crippen MR) is 60.7 cm³/mol. The molecule has 0 aromatic rings. The Morgan fingerprint density at radius 1 is 1.20 bits per heavy atom. The average molecular weight is 213 g/mol. The summed E-state index contributed by atoms with van der Waals surface area (Å²) in [5, 5.41) is 3.06. The Morgan fingerprint density at radius 3 is 2.40 bits per heavy atom. The topological polar surface area (TPSA) is 38.3 Å². The number of rotatable bonds is 4. The molecule has 0 aliphatic heterocycles. The van der Waals surface area contributed by atoms with Crippen LogP contribution < -0.4 is 5.32 Å². The minimum absolute atomic E-state index is 0.0439. The second-order valence-corrected chi connectivity index (χ2v) is 4.25. The van der Waals surface area contributed by atoms with Crippen LogP contribution in [0.2, 0.25) is 0 Å². The SMILES string of the molecule is CCOCC(=O)NC1CCCCCCC1. The van der Waals surface area contributed by atoms with Crippen molar-refractivity contribution in [1.29, 1.82) is 0 Å². The lowest BCUT2D eigenvalue weighted by molar-refractivity contribution is -0.126. The van der Waals surface area contributed by atoms with Crippen molar-refractivity contribution >= 4 is 5.91 Å². The lowest BCUT2D eigenvalue weighted by atomic mass is 9.97. The highest BCUT2D eigenvalue weighted by molar-refractivity contribution is 5.77. The van der Waals surface area contributed by atoms with Gasteiger partial charge in [-0.1, -0.05) is 32.1 Å². The molecule has 1 N–H and O–H groups in total. The Hall–Kier alpha value is -0.570. The van der Waals surface area contributed by atoms with Gasteiger partial charge in [0, 0.05) is 12.6 Å². The molecule has 1 amide bonds. The van der Waals surface area contributed by atoms with Gasteiger partial charge in [-0.3, -0.25) is 4.79 Å².